The molecule has 0 radical (unpaired) electrons. The fourth-order valence-electron chi connectivity index (χ4n) is 4.07. The third-order valence-corrected chi connectivity index (χ3v) is 8.83. The maximum absolute atomic E-state index is 13.2. The zero-order chi connectivity index (χ0) is 17.7. The highest BCUT2D eigenvalue weighted by Gasteiger charge is 2.42. The summed E-state index contributed by atoms with van der Waals surface area (Å²) in [6.45, 7) is 6.88. The Hall–Kier alpha value is -1.22. The van der Waals surface area contributed by atoms with E-state index < -0.39 is 10.0 Å². The van der Waals surface area contributed by atoms with E-state index in [-0.39, 0.29) is 5.41 Å². The molecular formula is C17H23N3O3S2. The van der Waals surface area contributed by atoms with Crippen molar-refractivity contribution in [2.45, 2.75) is 37.3 Å². The van der Waals surface area contributed by atoms with Crippen LogP contribution in [0.1, 0.15) is 30.7 Å². The number of nitrogens with one attached hydrogen (secondary N) is 1. The van der Waals surface area contributed by atoms with Crippen molar-refractivity contribution >= 4 is 21.4 Å². The number of hydrogen-bond donors (Lipinski definition) is 1. The maximum atomic E-state index is 13.2. The van der Waals surface area contributed by atoms with Crippen LogP contribution in [0.4, 0.5) is 0 Å². The van der Waals surface area contributed by atoms with E-state index in [1.165, 1.54) is 11.3 Å². The van der Waals surface area contributed by atoms with Crippen LogP contribution in [0.3, 0.4) is 0 Å². The van der Waals surface area contributed by atoms with Crippen molar-refractivity contribution in [3.63, 3.8) is 0 Å². The largest absolute Gasteiger partial charge is 0.361 e. The second-order valence-corrected chi connectivity index (χ2v) is 10.4. The van der Waals surface area contributed by atoms with Gasteiger partial charge in [0.25, 0.3) is 10.0 Å². The lowest BCUT2D eigenvalue weighted by Crippen LogP contribution is -2.46. The lowest BCUT2D eigenvalue weighted by atomic mass is 9.80. The molecule has 1 spiro atoms. The molecule has 1 unspecified atom stereocenters. The highest BCUT2D eigenvalue weighted by molar-refractivity contribution is 7.91. The van der Waals surface area contributed by atoms with Crippen molar-refractivity contribution in [1.29, 1.82) is 0 Å². The Balaban J connectivity index is 1.63. The van der Waals surface area contributed by atoms with Crippen LogP contribution < -0.4 is 5.32 Å². The molecule has 0 saturated carbocycles. The summed E-state index contributed by atoms with van der Waals surface area (Å²) in [5.74, 6) is 0.720. The highest BCUT2D eigenvalue weighted by Crippen LogP contribution is 2.40. The first kappa shape index (κ1) is 17.2. The number of thiophene rings is 1. The standard InChI is InChI=1S/C17H23N3O3S2/c1-12-16(13(2)23-19-12)14-4-5-15(24-14)25(21,22)20-9-3-6-17(11-20)7-8-18-10-17/h4-5,18H,3,6-11H2,1-2H3. The van der Waals surface area contributed by atoms with Gasteiger partial charge in [0, 0.05) is 24.5 Å². The Kier molecular flexibility index (Phi) is 4.26. The number of rotatable bonds is 3. The molecule has 1 atom stereocenters. The molecule has 8 heteroatoms. The van der Waals surface area contributed by atoms with Gasteiger partial charge >= 0.3 is 0 Å². The Morgan fingerprint density at radius 3 is 2.84 bits per heavy atom. The third-order valence-electron chi connectivity index (χ3n) is 5.41. The topological polar surface area (TPSA) is 75.4 Å². The van der Waals surface area contributed by atoms with Gasteiger partial charge in [-0.2, -0.15) is 4.31 Å². The van der Waals surface area contributed by atoms with Crippen molar-refractivity contribution in [2.75, 3.05) is 26.2 Å². The Labute approximate surface area is 152 Å². The molecule has 4 heterocycles. The number of aryl methyl sites for hydroxylation is 2. The monoisotopic (exact) mass is 381 g/mol. The van der Waals surface area contributed by atoms with E-state index in [0.717, 1.165) is 54.2 Å². The van der Waals surface area contributed by atoms with Crippen molar-refractivity contribution in [1.82, 2.24) is 14.8 Å². The van der Waals surface area contributed by atoms with Crippen LogP contribution in [0.2, 0.25) is 0 Å². The molecule has 25 heavy (non-hydrogen) atoms. The highest BCUT2D eigenvalue weighted by atomic mass is 32.2. The van der Waals surface area contributed by atoms with Gasteiger partial charge in [-0.1, -0.05) is 5.16 Å². The minimum Gasteiger partial charge on any atom is -0.361 e. The van der Waals surface area contributed by atoms with Gasteiger partial charge < -0.3 is 9.84 Å². The van der Waals surface area contributed by atoms with Crippen LogP contribution >= 0.6 is 11.3 Å². The zero-order valence-corrected chi connectivity index (χ0v) is 16.2. The first-order valence-corrected chi connectivity index (χ1v) is 10.9. The Bertz CT molecular complexity index is 859. The van der Waals surface area contributed by atoms with E-state index in [1.54, 1.807) is 10.4 Å². The summed E-state index contributed by atoms with van der Waals surface area (Å²) in [4.78, 5) is 0.893. The SMILES string of the molecule is Cc1noc(C)c1-c1ccc(S(=O)(=O)N2CCCC3(CCNC3)C2)s1. The molecule has 2 aromatic rings. The van der Waals surface area contributed by atoms with Crippen molar-refractivity contribution in [3.8, 4) is 10.4 Å². The van der Waals surface area contributed by atoms with Crippen molar-refractivity contribution in [2.24, 2.45) is 5.41 Å². The quantitative estimate of drug-likeness (QED) is 0.885. The average Bonchev–Trinajstić information content (AvgIpc) is 3.30. The van der Waals surface area contributed by atoms with Crippen LogP contribution in [0, 0.1) is 19.3 Å². The summed E-state index contributed by atoms with van der Waals surface area (Å²) in [5.41, 5.74) is 1.81. The molecule has 4 rings (SSSR count). The molecule has 1 N–H and O–H groups in total. The van der Waals surface area contributed by atoms with E-state index in [1.807, 2.05) is 19.9 Å². The number of nitrogens with zero attached hydrogens (tertiary/aromatic N) is 2. The molecule has 0 bridgehead atoms. The Morgan fingerprint density at radius 2 is 2.16 bits per heavy atom. The number of piperidine rings is 1. The summed E-state index contributed by atoms with van der Waals surface area (Å²) in [6.07, 6.45) is 3.11. The molecule has 2 saturated heterocycles. The van der Waals surface area contributed by atoms with Gasteiger partial charge in [-0.25, -0.2) is 8.42 Å². The zero-order valence-electron chi connectivity index (χ0n) is 14.5. The molecule has 0 aromatic carbocycles. The van der Waals surface area contributed by atoms with E-state index in [2.05, 4.69) is 10.5 Å². The lowest BCUT2D eigenvalue weighted by Gasteiger charge is -2.38. The van der Waals surface area contributed by atoms with Gasteiger partial charge in [0.1, 0.15) is 9.97 Å². The van der Waals surface area contributed by atoms with E-state index in [9.17, 15) is 8.42 Å². The van der Waals surface area contributed by atoms with Crippen LogP contribution in [0.25, 0.3) is 10.4 Å². The number of sulfonamides is 1. The molecular weight excluding hydrogens is 358 g/mol. The van der Waals surface area contributed by atoms with Crippen molar-refractivity contribution < 1.29 is 12.9 Å². The Morgan fingerprint density at radius 1 is 1.32 bits per heavy atom. The van der Waals surface area contributed by atoms with Gasteiger partial charge in [0.2, 0.25) is 0 Å². The average molecular weight is 382 g/mol. The number of hydrogen-bond acceptors (Lipinski definition) is 6. The molecule has 0 aliphatic carbocycles. The third kappa shape index (κ3) is 2.95. The van der Waals surface area contributed by atoms with E-state index in [0.29, 0.717) is 17.3 Å². The first-order valence-electron chi connectivity index (χ1n) is 8.65. The minimum atomic E-state index is -3.45. The van der Waals surface area contributed by atoms with Crippen LogP contribution in [-0.4, -0.2) is 44.1 Å². The van der Waals surface area contributed by atoms with Crippen LogP contribution in [0.15, 0.2) is 20.9 Å². The predicted molar refractivity (Wildman–Crippen MR) is 97.2 cm³/mol. The molecule has 2 aliphatic rings. The maximum Gasteiger partial charge on any atom is 0.252 e. The second-order valence-electron chi connectivity index (χ2n) is 7.19. The molecule has 136 valence electrons. The predicted octanol–water partition coefficient (Wildman–Crippen LogP) is 2.78. The second kappa shape index (κ2) is 6.19. The van der Waals surface area contributed by atoms with Crippen LogP contribution in [-0.2, 0) is 10.0 Å². The first-order chi connectivity index (χ1) is 11.9. The fraction of sp³-hybridized carbons (Fsp3) is 0.588. The van der Waals surface area contributed by atoms with Crippen molar-refractivity contribution in [3.05, 3.63) is 23.6 Å². The van der Waals surface area contributed by atoms with E-state index >= 15 is 0 Å². The van der Waals surface area contributed by atoms with Gasteiger partial charge in [-0.3, -0.25) is 0 Å². The summed E-state index contributed by atoms with van der Waals surface area (Å²) >= 11 is 1.31. The minimum absolute atomic E-state index is 0.118. The van der Waals surface area contributed by atoms with Crippen LogP contribution in [0.5, 0.6) is 0 Å². The van der Waals surface area contributed by atoms with Gasteiger partial charge in [-0.05, 0) is 57.2 Å². The fourth-order valence-corrected chi connectivity index (χ4v) is 7.26. The number of aromatic nitrogens is 1. The normalized spacial score (nSPS) is 25.0. The lowest BCUT2D eigenvalue weighted by molar-refractivity contribution is 0.167. The molecule has 2 aromatic heterocycles. The molecule has 2 aliphatic heterocycles. The summed E-state index contributed by atoms with van der Waals surface area (Å²) in [7, 11) is -3.45. The van der Waals surface area contributed by atoms with Gasteiger partial charge in [0.15, 0.2) is 0 Å². The molecule has 6 nitrogen and oxygen atoms in total. The summed E-state index contributed by atoms with van der Waals surface area (Å²) in [5, 5.41) is 7.36. The van der Waals surface area contributed by atoms with Gasteiger partial charge in [0.05, 0.1) is 11.3 Å². The van der Waals surface area contributed by atoms with E-state index in [4.69, 9.17) is 4.52 Å². The smallest absolute Gasteiger partial charge is 0.252 e. The molecule has 0 amide bonds. The summed E-state index contributed by atoms with van der Waals surface area (Å²) < 4.78 is 33.6. The summed E-state index contributed by atoms with van der Waals surface area (Å²) in [6, 6.07) is 3.58. The van der Waals surface area contributed by atoms with Gasteiger partial charge in [-0.15, -0.1) is 11.3 Å². The molecule has 2 fully saturated rings.